The monoisotopic (exact) mass is 238 g/mol. The van der Waals surface area contributed by atoms with E-state index in [4.69, 9.17) is 0 Å². The Balaban J connectivity index is 2.32. The molecule has 0 aliphatic heterocycles. The zero-order chi connectivity index (χ0) is 12.7. The van der Waals surface area contributed by atoms with Crippen molar-refractivity contribution in [3.05, 3.63) is 18.5 Å². The first-order valence-corrected chi connectivity index (χ1v) is 5.68. The molecule has 17 heavy (non-hydrogen) atoms. The molecule has 1 atom stereocenters. The van der Waals surface area contributed by atoms with Gasteiger partial charge in [0.15, 0.2) is 0 Å². The minimum absolute atomic E-state index is 0.00441. The van der Waals surface area contributed by atoms with E-state index >= 15 is 0 Å². The van der Waals surface area contributed by atoms with Crippen LogP contribution in [0.2, 0.25) is 0 Å². The Labute approximate surface area is 100 Å². The lowest BCUT2D eigenvalue weighted by Crippen LogP contribution is -2.39. The van der Waals surface area contributed by atoms with Gasteiger partial charge in [0.25, 0.3) is 0 Å². The molecule has 1 aromatic heterocycles. The molecule has 0 fully saturated rings. The zero-order valence-electron chi connectivity index (χ0n) is 10.1. The summed E-state index contributed by atoms with van der Waals surface area (Å²) in [5.74, 6) is -0.395. The smallest absolute Gasteiger partial charge is 0.245 e. The normalized spacial score (nSPS) is 11.9. The Bertz CT molecular complexity index is 362. The maximum atomic E-state index is 11.7. The highest BCUT2D eigenvalue weighted by molar-refractivity contribution is 5.86. The molecule has 6 heteroatoms. The Kier molecular flexibility index (Phi) is 5.19. The number of carbonyl (C=O) groups excluding carboxylic acids is 2. The lowest BCUT2D eigenvalue weighted by Gasteiger charge is -2.12. The van der Waals surface area contributed by atoms with E-state index in [9.17, 15) is 9.59 Å². The number of rotatable bonds is 6. The fraction of sp³-hybridized carbons (Fsp3) is 0.545. The second-order valence-electron chi connectivity index (χ2n) is 3.73. The molecule has 0 aliphatic rings. The van der Waals surface area contributed by atoms with E-state index in [0.717, 1.165) is 6.42 Å². The third-order valence-electron chi connectivity index (χ3n) is 2.30. The van der Waals surface area contributed by atoms with Gasteiger partial charge in [-0.1, -0.05) is 6.92 Å². The molecule has 0 unspecified atom stereocenters. The topological polar surface area (TPSA) is 76.0 Å². The molecule has 94 valence electrons. The van der Waals surface area contributed by atoms with E-state index in [1.165, 1.54) is 0 Å². The largest absolute Gasteiger partial charge is 0.355 e. The average Bonchev–Trinajstić information content (AvgIpc) is 2.86. The summed E-state index contributed by atoms with van der Waals surface area (Å²) in [7, 11) is 0. The van der Waals surface area contributed by atoms with Crippen molar-refractivity contribution in [2.24, 2.45) is 0 Å². The van der Waals surface area contributed by atoms with Gasteiger partial charge in [-0.15, -0.1) is 0 Å². The Morgan fingerprint density at radius 3 is 2.76 bits per heavy atom. The third-order valence-corrected chi connectivity index (χ3v) is 2.30. The van der Waals surface area contributed by atoms with Crippen LogP contribution in [0.5, 0.6) is 0 Å². The molecule has 0 saturated heterocycles. The van der Waals surface area contributed by atoms with Crippen LogP contribution in [0.1, 0.15) is 26.3 Å². The van der Waals surface area contributed by atoms with Crippen molar-refractivity contribution in [1.29, 1.82) is 0 Å². The van der Waals surface area contributed by atoms with Gasteiger partial charge in [0.1, 0.15) is 6.04 Å². The van der Waals surface area contributed by atoms with E-state index in [0.29, 0.717) is 6.54 Å². The zero-order valence-corrected chi connectivity index (χ0v) is 10.1. The van der Waals surface area contributed by atoms with Crippen LogP contribution in [0, 0.1) is 0 Å². The van der Waals surface area contributed by atoms with Crippen LogP contribution in [-0.2, 0) is 9.59 Å². The van der Waals surface area contributed by atoms with Crippen LogP contribution in [-0.4, -0.2) is 34.7 Å². The van der Waals surface area contributed by atoms with E-state index in [-0.39, 0.29) is 18.4 Å². The van der Waals surface area contributed by atoms with Crippen molar-refractivity contribution < 1.29 is 9.59 Å². The SMILES string of the molecule is CCCNC(=O)CNC(=O)[C@H](C)n1cccn1. The van der Waals surface area contributed by atoms with Crippen LogP contribution >= 0.6 is 0 Å². The standard InChI is InChI=1S/C11H18N4O2/c1-3-5-12-10(16)8-13-11(17)9(2)15-7-4-6-14-15/h4,6-7,9H,3,5,8H2,1-2H3,(H,12,16)(H,13,17)/t9-/m0/s1. The molecule has 0 aromatic carbocycles. The molecule has 6 nitrogen and oxygen atoms in total. The first-order chi connectivity index (χ1) is 8.15. The fourth-order valence-corrected chi connectivity index (χ4v) is 1.27. The van der Waals surface area contributed by atoms with Crippen LogP contribution in [0.3, 0.4) is 0 Å². The van der Waals surface area contributed by atoms with Crippen molar-refractivity contribution in [3.8, 4) is 0 Å². The maximum Gasteiger partial charge on any atom is 0.245 e. The number of aromatic nitrogens is 2. The van der Waals surface area contributed by atoms with Gasteiger partial charge >= 0.3 is 0 Å². The number of nitrogens with zero attached hydrogens (tertiary/aromatic N) is 2. The number of nitrogens with one attached hydrogen (secondary N) is 2. The molecule has 0 aliphatic carbocycles. The summed E-state index contributed by atoms with van der Waals surface area (Å²) < 4.78 is 1.54. The lowest BCUT2D eigenvalue weighted by atomic mass is 10.3. The van der Waals surface area contributed by atoms with Crippen LogP contribution < -0.4 is 10.6 Å². The second kappa shape index (κ2) is 6.67. The highest BCUT2D eigenvalue weighted by Gasteiger charge is 2.15. The third kappa shape index (κ3) is 4.26. The summed E-state index contributed by atoms with van der Waals surface area (Å²) in [6, 6.07) is 1.33. The summed E-state index contributed by atoms with van der Waals surface area (Å²) in [6.07, 6.45) is 4.20. The van der Waals surface area contributed by atoms with Crippen LogP contribution in [0.25, 0.3) is 0 Å². The van der Waals surface area contributed by atoms with E-state index in [1.807, 2.05) is 6.92 Å². The highest BCUT2D eigenvalue weighted by Crippen LogP contribution is 2.02. The first kappa shape index (κ1) is 13.2. The molecular formula is C11H18N4O2. The minimum atomic E-state index is -0.413. The van der Waals surface area contributed by atoms with Crippen LogP contribution in [0.15, 0.2) is 18.5 Å². The van der Waals surface area contributed by atoms with Crippen molar-refractivity contribution in [3.63, 3.8) is 0 Å². The van der Waals surface area contributed by atoms with E-state index in [2.05, 4.69) is 15.7 Å². The quantitative estimate of drug-likeness (QED) is 0.737. The molecule has 1 rings (SSSR count). The molecule has 2 N–H and O–H groups in total. The molecule has 1 aromatic rings. The van der Waals surface area contributed by atoms with E-state index in [1.54, 1.807) is 30.1 Å². The first-order valence-electron chi connectivity index (χ1n) is 5.68. The predicted molar refractivity (Wildman–Crippen MR) is 63.2 cm³/mol. The van der Waals surface area contributed by atoms with Gasteiger partial charge < -0.3 is 10.6 Å². The summed E-state index contributed by atoms with van der Waals surface area (Å²) in [4.78, 5) is 22.9. The second-order valence-corrected chi connectivity index (χ2v) is 3.73. The van der Waals surface area contributed by atoms with Crippen LogP contribution in [0.4, 0.5) is 0 Å². The Hall–Kier alpha value is -1.85. The molecule has 2 amide bonds. The Morgan fingerprint density at radius 2 is 2.18 bits per heavy atom. The van der Waals surface area contributed by atoms with Gasteiger partial charge in [-0.3, -0.25) is 14.3 Å². The molecule has 0 spiro atoms. The predicted octanol–water partition coefficient (Wildman–Crippen LogP) is 0.0865. The van der Waals surface area contributed by atoms with Crippen molar-refractivity contribution in [2.45, 2.75) is 26.3 Å². The molecule has 1 heterocycles. The molecular weight excluding hydrogens is 220 g/mol. The summed E-state index contributed by atoms with van der Waals surface area (Å²) in [5, 5.41) is 9.22. The highest BCUT2D eigenvalue weighted by atomic mass is 16.2. The number of carbonyl (C=O) groups is 2. The molecule has 0 bridgehead atoms. The van der Waals surface area contributed by atoms with Gasteiger partial charge in [0, 0.05) is 18.9 Å². The fourth-order valence-electron chi connectivity index (χ4n) is 1.27. The summed E-state index contributed by atoms with van der Waals surface area (Å²) in [6.45, 7) is 4.33. The summed E-state index contributed by atoms with van der Waals surface area (Å²) in [5.41, 5.74) is 0. The summed E-state index contributed by atoms with van der Waals surface area (Å²) >= 11 is 0. The number of amides is 2. The van der Waals surface area contributed by atoms with Gasteiger partial charge in [0.05, 0.1) is 6.54 Å². The van der Waals surface area contributed by atoms with Crippen molar-refractivity contribution in [1.82, 2.24) is 20.4 Å². The number of hydrogen-bond donors (Lipinski definition) is 2. The van der Waals surface area contributed by atoms with Crippen molar-refractivity contribution >= 4 is 11.8 Å². The van der Waals surface area contributed by atoms with Gasteiger partial charge in [-0.25, -0.2) is 0 Å². The number of hydrogen-bond acceptors (Lipinski definition) is 3. The molecule has 0 saturated carbocycles. The van der Waals surface area contributed by atoms with Gasteiger partial charge in [-0.05, 0) is 19.4 Å². The minimum Gasteiger partial charge on any atom is -0.355 e. The maximum absolute atomic E-state index is 11.7. The lowest BCUT2D eigenvalue weighted by molar-refractivity contribution is -0.128. The Morgan fingerprint density at radius 1 is 1.41 bits per heavy atom. The van der Waals surface area contributed by atoms with Gasteiger partial charge in [0.2, 0.25) is 11.8 Å². The van der Waals surface area contributed by atoms with E-state index < -0.39 is 6.04 Å². The van der Waals surface area contributed by atoms with Gasteiger partial charge in [-0.2, -0.15) is 5.10 Å². The average molecular weight is 238 g/mol. The van der Waals surface area contributed by atoms with Crippen molar-refractivity contribution in [2.75, 3.05) is 13.1 Å². The molecule has 0 radical (unpaired) electrons.